The molecule has 0 atom stereocenters. The van der Waals surface area contributed by atoms with Crippen molar-refractivity contribution in [1.29, 1.82) is 0 Å². The highest BCUT2D eigenvalue weighted by Gasteiger charge is 2.35. The average molecular weight is 457 g/mol. The van der Waals surface area contributed by atoms with Crippen LogP contribution in [0.15, 0.2) is 46.9 Å². The second kappa shape index (κ2) is 8.86. The molecule has 0 spiro atoms. The highest BCUT2D eigenvalue weighted by Crippen LogP contribution is 2.31. The molecule has 3 aromatic rings. The fraction of sp³-hybridized carbons (Fsp3) is 0.350. The van der Waals surface area contributed by atoms with Gasteiger partial charge in [0.25, 0.3) is 0 Å². The minimum atomic E-state index is -4.51. The van der Waals surface area contributed by atoms with Gasteiger partial charge in [0.15, 0.2) is 5.69 Å². The maximum absolute atomic E-state index is 13.0. The third-order valence-electron chi connectivity index (χ3n) is 4.13. The van der Waals surface area contributed by atoms with Crippen LogP contribution in [0.5, 0.6) is 11.6 Å². The quantitative estimate of drug-likeness (QED) is 0.385. The Morgan fingerprint density at radius 1 is 1.00 bits per heavy atom. The summed E-state index contributed by atoms with van der Waals surface area (Å²) in [6.45, 7) is 2.65. The summed E-state index contributed by atoms with van der Waals surface area (Å²) in [5, 5.41) is 5.71. The van der Waals surface area contributed by atoms with Gasteiger partial charge in [-0.2, -0.15) is 18.3 Å². The molecule has 0 radical (unpaired) electrons. The molecule has 8 heteroatoms. The Bertz CT molecular complexity index is 941. The third kappa shape index (κ3) is 5.19. The van der Waals surface area contributed by atoms with Crippen molar-refractivity contribution >= 4 is 26.7 Å². The summed E-state index contributed by atoms with van der Waals surface area (Å²) >= 11 is 3.43. The number of benzene rings is 2. The maximum atomic E-state index is 13.0. The lowest BCUT2D eigenvalue weighted by molar-refractivity contribution is -0.141. The first-order chi connectivity index (χ1) is 13.4. The van der Waals surface area contributed by atoms with Crippen LogP contribution >= 0.6 is 15.9 Å². The largest absolute Gasteiger partial charge is 0.492 e. The summed E-state index contributed by atoms with van der Waals surface area (Å²) < 4.78 is 52.3. The van der Waals surface area contributed by atoms with E-state index in [1.807, 2.05) is 43.3 Å². The SMILES string of the molecule is CCCCOc1cc(C(F)(F)F)nn1CCOc1ccc2cc(Br)ccc2c1. The third-order valence-corrected chi connectivity index (χ3v) is 4.62. The topological polar surface area (TPSA) is 36.3 Å². The predicted octanol–water partition coefficient (Wildman–Crippen LogP) is 6.08. The number of hydrogen-bond donors (Lipinski definition) is 0. The molecule has 150 valence electrons. The van der Waals surface area contributed by atoms with Crippen molar-refractivity contribution < 1.29 is 22.6 Å². The van der Waals surface area contributed by atoms with E-state index >= 15 is 0 Å². The molecule has 28 heavy (non-hydrogen) atoms. The molecular formula is C20H20BrF3N2O2. The van der Waals surface area contributed by atoms with Gasteiger partial charge < -0.3 is 9.47 Å². The summed E-state index contributed by atoms with van der Waals surface area (Å²) in [7, 11) is 0. The van der Waals surface area contributed by atoms with E-state index in [0.29, 0.717) is 12.4 Å². The van der Waals surface area contributed by atoms with E-state index in [0.717, 1.165) is 34.2 Å². The Labute approximate surface area is 169 Å². The Morgan fingerprint density at radius 3 is 2.50 bits per heavy atom. The molecule has 0 N–H and O–H groups in total. The van der Waals surface area contributed by atoms with Crippen LogP contribution in [0.2, 0.25) is 0 Å². The van der Waals surface area contributed by atoms with Crippen molar-refractivity contribution in [3.8, 4) is 11.6 Å². The summed E-state index contributed by atoms with van der Waals surface area (Å²) in [6, 6.07) is 12.5. The van der Waals surface area contributed by atoms with Crippen molar-refractivity contribution in [2.75, 3.05) is 13.2 Å². The van der Waals surface area contributed by atoms with Gasteiger partial charge in [-0.3, -0.25) is 0 Å². The van der Waals surface area contributed by atoms with Crippen molar-refractivity contribution in [1.82, 2.24) is 9.78 Å². The molecule has 0 aliphatic heterocycles. The molecule has 0 fully saturated rings. The summed E-state index contributed by atoms with van der Waals surface area (Å²) in [5.41, 5.74) is -0.963. The van der Waals surface area contributed by atoms with Crippen molar-refractivity contribution in [3.05, 3.63) is 52.6 Å². The zero-order valence-corrected chi connectivity index (χ0v) is 16.9. The number of fused-ring (bicyclic) bond motifs is 1. The maximum Gasteiger partial charge on any atom is 0.435 e. The van der Waals surface area contributed by atoms with Crippen LogP contribution in [0, 0.1) is 0 Å². The first kappa shape index (κ1) is 20.5. The van der Waals surface area contributed by atoms with Gasteiger partial charge >= 0.3 is 6.18 Å². The lowest BCUT2D eigenvalue weighted by Gasteiger charge is -2.11. The number of hydrogen-bond acceptors (Lipinski definition) is 3. The monoisotopic (exact) mass is 456 g/mol. The Balaban J connectivity index is 1.67. The van der Waals surface area contributed by atoms with E-state index in [4.69, 9.17) is 9.47 Å². The van der Waals surface area contributed by atoms with Crippen LogP contribution < -0.4 is 9.47 Å². The van der Waals surface area contributed by atoms with Gasteiger partial charge in [-0.1, -0.05) is 41.4 Å². The van der Waals surface area contributed by atoms with Gasteiger partial charge in [0.2, 0.25) is 5.88 Å². The van der Waals surface area contributed by atoms with E-state index in [1.54, 1.807) is 0 Å². The molecular weight excluding hydrogens is 437 g/mol. The van der Waals surface area contributed by atoms with Crippen LogP contribution in [0.3, 0.4) is 0 Å². The molecule has 3 rings (SSSR count). The Morgan fingerprint density at radius 2 is 1.75 bits per heavy atom. The summed E-state index contributed by atoms with van der Waals surface area (Å²) in [4.78, 5) is 0. The van der Waals surface area contributed by atoms with Crippen LogP contribution in [-0.2, 0) is 12.7 Å². The molecule has 1 aromatic heterocycles. The van der Waals surface area contributed by atoms with Gasteiger partial charge in [0.1, 0.15) is 12.4 Å². The van der Waals surface area contributed by atoms with Crippen molar-refractivity contribution in [3.63, 3.8) is 0 Å². The minimum Gasteiger partial charge on any atom is -0.492 e. The predicted molar refractivity (Wildman–Crippen MR) is 105 cm³/mol. The Hall–Kier alpha value is -2.22. The molecule has 1 heterocycles. The molecule has 0 amide bonds. The number of unbranched alkanes of at least 4 members (excludes halogenated alkanes) is 1. The smallest absolute Gasteiger partial charge is 0.435 e. The van der Waals surface area contributed by atoms with E-state index in [1.165, 1.54) is 4.68 Å². The van der Waals surface area contributed by atoms with Gasteiger partial charge in [-0.05, 0) is 41.5 Å². The standard InChI is InChI=1S/C20H20BrF3N2O2/c1-2-3-9-28-19-13-18(20(22,23)24)25-26(19)8-10-27-17-7-5-14-11-16(21)6-4-15(14)12-17/h4-7,11-13H,2-3,8-10H2,1H3. The zero-order valence-electron chi connectivity index (χ0n) is 15.3. The summed E-state index contributed by atoms with van der Waals surface area (Å²) in [6.07, 6.45) is -2.86. The fourth-order valence-corrected chi connectivity index (χ4v) is 3.05. The number of halogens is 4. The molecule has 0 saturated carbocycles. The molecule has 4 nitrogen and oxygen atoms in total. The average Bonchev–Trinajstić information content (AvgIpc) is 3.05. The van der Waals surface area contributed by atoms with E-state index in [-0.39, 0.29) is 19.0 Å². The lowest BCUT2D eigenvalue weighted by atomic mass is 10.1. The van der Waals surface area contributed by atoms with Crippen molar-refractivity contribution in [2.45, 2.75) is 32.5 Å². The number of alkyl halides is 3. The van der Waals surface area contributed by atoms with E-state index in [2.05, 4.69) is 21.0 Å². The van der Waals surface area contributed by atoms with E-state index in [9.17, 15) is 13.2 Å². The molecule has 0 aliphatic carbocycles. The summed E-state index contributed by atoms with van der Waals surface area (Å²) in [5.74, 6) is 0.749. The second-order valence-electron chi connectivity index (χ2n) is 6.29. The molecule has 2 aromatic carbocycles. The van der Waals surface area contributed by atoms with Crippen molar-refractivity contribution in [2.24, 2.45) is 0 Å². The van der Waals surface area contributed by atoms with Gasteiger partial charge in [0, 0.05) is 10.5 Å². The zero-order chi connectivity index (χ0) is 20.1. The van der Waals surface area contributed by atoms with Crippen LogP contribution in [0.4, 0.5) is 13.2 Å². The number of ether oxygens (including phenoxy) is 2. The first-order valence-corrected chi connectivity index (χ1v) is 9.76. The fourth-order valence-electron chi connectivity index (χ4n) is 2.67. The van der Waals surface area contributed by atoms with Gasteiger partial charge in [0.05, 0.1) is 13.2 Å². The van der Waals surface area contributed by atoms with Crippen LogP contribution in [-0.4, -0.2) is 23.0 Å². The number of rotatable bonds is 8. The minimum absolute atomic E-state index is 0.104. The molecule has 0 aliphatic rings. The normalized spacial score (nSPS) is 11.8. The number of aromatic nitrogens is 2. The van der Waals surface area contributed by atoms with E-state index < -0.39 is 11.9 Å². The second-order valence-corrected chi connectivity index (χ2v) is 7.21. The lowest BCUT2D eigenvalue weighted by Crippen LogP contribution is -2.13. The van der Waals surface area contributed by atoms with Crippen LogP contribution in [0.1, 0.15) is 25.5 Å². The van der Waals surface area contributed by atoms with Gasteiger partial charge in [-0.15, -0.1) is 0 Å². The highest BCUT2D eigenvalue weighted by molar-refractivity contribution is 9.10. The number of nitrogens with zero attached hydrogens (tertiary/aromatic N) is 2. The molecule has 0 unspecified atom stereocenters. The molecule has 0 bridgehead atoms. The van der Waals surface area contributed by atoms with Crippen LogP contribution in [0.25, 0.3) is 10.8 Å². The molecule has 0 saturated heterocycles. The van der Waals surface area contributed by atoms with Gasteiger partial charge in [-0.25, -0.2) is 4.68 Å². The highest BCUT2D eigenvalue weighted by atomic mass is 79.9. The Kier molecular flexibility index (Phi) is 6.49. The first-order valence-electron chi connectivity index (χ1n) is 8.97.